The first-order valence-corrected chi connectivity index (χ1v) is 12.4. The quantitative estimate of drug-likeness (QED) is 0.648. The number of hydrogen-bond donors (Lipinski definition) is 1. The van der Waals surface area contributed by atoms with Crippen LogP contribution in [-0.4, -0.2) is 69.6 Å². The van der Waals surface area contributed by atoms with Crippen molar-refractivity contribution in [3.05, 3.63) is 64.7 Å². The molecule has 0 radical (unpaired) electrons. The van der Waals surface area contributed by atoms with E-state index in [-0.39, 0.29) is 19.0 Å². The highest BCUT2D eigenvalue weighted by Gasteiger charge is 2.21. The highest BCUT2D eigenvalue weighted by Crippen LogP contribution is 2.19. The number of carbonyl (C=O) groups excluding carboxylic acids is 1. The van der Waals surface area contributed by atoms with Crippen LogP contribution in [0.3, 0.4) is 0 Å². The highest BCUT2D eigenvalue weighted by molar-refractivity contribution is 7.88. The molecule has 0 unspecified atom stereocenters. The third-order valence-electron chi connectivity index (χ3n) is 5.39. The standard InChI is InChI=1S/C22H29ClN4O3S/c1-25-11-13-26(14-12-25)20-9-7-18(8-10-20)15-24-22(28)17-27(31(2,29)30)16-19-5-3-4-6-21(19)23/h3-10H,11-17H2,1-2H3,(H,24,28). The number of benzene rings is 2. The summed E-state index contributed by atoms with van der Waals surface area (Å²) in [4.78, 5) is 17.1. The van der Waals surface area contributed by atoms with Crippen LogP contribution >= 0.6 is 11.6 Å². The smallest absolute Gasteiger partial charge is 0.235 e. The molecule has 1 saturated heterocycles. The molecule has 1 amide bonds. The molecule has 1 N–H and O–H groups in total. The van der Waals surface area contributed by atoms with Gasteiger partial charge >= 0.3 is 0 Å². The summed E-state index contributed by atoms with van der Waals surface area (Å²) in [6.07, 6.45) is 1.09. The van der Waals surface area contributed by atoms with Gasteiger partial charge in [0.2, 0.25) is 15.9 Å². The fourth-order valence-electron chi connectivity index (χ4n) is 3.41. The van der Waals surface area contributed by atoms with E-state index in [4.69, 9.17) is 11.6 Å². The second kappa shape index (κ2) is 10.5. The molecule has 0 bridgehead atoms. The molecule has 9 heteroatoms. The van der Waals surface area contributed by atoms with Gasteiger partial charge in [-0.2, -0.15) is 4.31 Å². The fourth-order valence-corrected chi connectivity index (χ4v) is 4.33. The van der Waals surface area contributed by atoms with Crippen molar-refractivity contribution in [2.75, 3.05) is 50.9 Å². The van der Waals surface area contributed by atoms with E-state index in [0.29, 0.717) is 17.1 Å². The van der Waals surface area contributed by atoms with Gasteiger partial charge in [-0.1, -0.05) is 41.9 Å². The van der Waals surface area contributed by atoms with Crippen LogP contribution in [0.5, 0.6) is 0 Å². The maximum atomic E-state index is 12.4. The van der Waals surface area contributed by atoms with E-state index in [9.17, 15) is 13.2 Å². The summed E-state index contributed by atoms with van der Waals surface area (Å²) in [7, 11) is -1.45. The minimum Gasteiger partial charge on any atom is -0.369 e. The van der Waals surface area contributed by atoms with Crippen molar-refractivity contribution in [3.63, 3.8) is 0 Å². The summed E-state index contributed by atoms with van der Waals surface area (Å²) in [5, 5.41) is 3.28. The van der Waals surface area contributed by atoms with E-state index in [1.807, 2.05) is 12.1 Å². The minimum atomic E-state index is -3.57. The van der Waals surface area contributed by atoms with Gasteiger partial charge in [0.25, 0.3) is 0 Å². The van der Waals surface area contributed by atoms with Gasteiger partial charge in [0.15, 0.2) is 0 Å². The molecule has 0 aromatic heterocycles. The van der Waals surface area contributed by atoms with E-state index in [1.54, 1.807) is 24.3 Å². The second-order valence-electron chi connectivity index (χ2n) is 7.86. The molecular weight excluding hydrogens is 436 g/mol. The van der Waals surface area contributed by atoms with Gasteiger partial charge in [0.05, 0.1) is 12.8 Å². The monoisotopic (exact) mass is 464 g/mol. The second-order valence-corrected chi connectivity index (χ2v) is 10.2. The van der Waals surface area contributed by atoms with Crippen LogP contribution in [0.2, 0.25) is 5.02 Å². The lowest BCUT2D eigenvalue weighted by Gasteiger charge is -2.34. The van der Waals surface area contributed by atoms with Crippen molar-refractivity contribution in [3.8, 4) is 0 Å². The van der Waals surface area contributed by atoms with Gasteiger partial charge in [-0.15, -0.1) is 0 Å². The molecule has 1 aliphatic rings. The number of sulfonamides is 1. The summed E-state index contributed by atoms with van der Waals surface area (Å²) in [6, 6.07) is 15.1. The van der Waals surface area contributed by atoms with E-state index >= 15 is 0 Å². The third-order valence-corrected chi connectivity index (χ3v) is 6.95. The number of rotatable bonds is 8. The number of piperazine rings is 1. The fraction of sp³-hybridized carbons (Fsp3) is 0.409. The van der Waals surface area contributed by atoms with Crippen LogP contribution in [0.25, 0.3) is 0 Å². The Bertz CT molecular complexity index is 990. The minimum absolute atomic E-state index is 0.0473. The first-order chi connectivity index (χ1) is 14.7. The number of nitrogens with zero attached hydrogens (tertiary/aromatic N) is 3. The predicted molar refractivity (Wildman–Crippen MR) is 125 cm³/mol. The number of halogens is 1. The largest absolute Gasteiger partial charge is 0.369 e. The van der Waals surface area contributed by atoms with E-state index < -0.39 is 10.0 Å². The number of carbonyl (C=O) groups is 1. The Morgan fingerprint density at radius 2 is 1.71 bits per heavy atom. The third kappa shape index (κ3) is 6.93. The Morgan fingerprint density at radius 3 is 2.32 bits per heavy atom. The molecule has 2 aromatic rings. The Morgan fingerprint density at radius 1 is 1.06 bits per heavy atom. The van der Waals surface area contributed by atoms with Gasteiger partial charge in [-0.05, 0) is 36.4 Å². The topological polar surface area (TPSA) is 73.0 Å². The maximum absolute atomic E-state index is 12.4. The molecule has 3 rings (SSSR count). The average molecular weight is 465 g/mol. The maximum Gasteiger partial charge on any atom is 0.235 e. The van der Waals surface area contributed by atoms with Gasteiger partial charge < -0.3 is 15.1 Å². The number of hydrogen-bond acceptors (Lipinski definition) is 5. The molecule has 1 aliphatic heterocycles. The van der Waals surface area contributed by atoms with E-state index in [0.717, 1.165) is 42.3 Å². The van der Waals surface area contributed by atoms with Crippen LogP contribution in [0, 0.1) is 0 Å². The number of likely N-dealkylation sites (N-methyl/N-ethyl adjacent to an activating group) is 1. The molecule has 31 heavy (non-hydrogen) atoms. The average Bonchev–Trinajstić information content (AvgIpc) is 2.73. The summed E-state index contributed by atoms with van der Waals surface area (Å²) < 4.78 is 25.4. The number of nitrogens with one attached hydrogen (secondary N) is 1. The van der Waals surface area contributed by atoms with Crippen LogP contribution in [-0.2, 0) is 27.9 Å². The van der Waals surface area contributed by atoms with Crippen LogP contribution in [0.1, 0.15) is 11.1 Å². The normalized spacial score (nSPS) is 15.3. The molecule has 7 nitrogen and oxygen atoms in total. The Labute approximate surface area is 189 Å². The molecule has 0 aliphatic carbocycles. The van der Waals surface area contributed by atoms with Crippen LogP contribution < -0.4 is 10.2 Å². The van der Waals surface area contributed by atoms with Crippen molar-refractivity contribution in [2.24, 2.45) is 0 Å². The first-order valence-electron chi connectivity index (χ1n) is 10.2. The first kappa shape index (κ1) is 23.5. The van der Waals surface area contributed by atoms with Crippen LogP contribution in [0.15, 0.2) is 48.5 Å². The molecule has 168 valence electrons. The Hall–Kier alpha value is -2.13. The molecule has 1 heterocycles. The zero-order chi connectivity index (χ0) is 22.4. The molecule has 0 atom stereocenters. The molecule has 1 fully saturated rings. The molecule has 0 saturated carbocycles. The Kier molecular flexibility index (Phi) is 7.94. The predicted octanol–water partition coefficient (Wildman–Crippen LogP) is 2.17. The zero-order valence-corrected chi connectivity index (χ0v) is 19.5. The van der Waals surface area contributed by atoms with Gasteiger partial charge in [0, 0.05) is 50.0 Å². The summed E-state index contributed by atoms with van der Waals surface area (Å²) in [5.74, 6) is -0.361. The van der Waals surface area contributed by atoms with E-state index in [2.05, 4.69) is 34.3 Å². The number of amides is 1. The lowest BCUT2D eigenvalue weighted by atomic mass is 10.1. The number of anilines is 1. The van der Waals surface area contributed by atoms with Crippen molar-refractivity contribution in [2.45, 2.75) is 13.1 Å². The molecule has 2 aromatic carbocycles. The van der Waals surface area contributed by atoms with Crippen LogP contribution in [0.4, 0.5) is 5.69 Å². The van der Waals surface area contributed by atoms with Gasteiger partial charge in [-0.3, -0.25) is 4.79 Å². The lowest BCUT2D eigenvalue weighted by molar-refractivity contribution is -0.121. The summed E-state index contributed by atoms with van der Waals surface area (Å²) in [6.45, 7) is 4.21. The molecular formula is C22H29ClN4O3S. The Balaban J connectivity index is 1.54. The van der Waals surface area contributed by atoms with Crippen molar-refractivity contribution >= 4 is 33.2 Å². The van der Waals surface area contributed by atoms with Gasteiger partial charge in [0.1, 0.15) is 0 Å². The summed E-state index contributed by atoms with van der Waals surface area (Å²) in [5.41, 5.74) is 2.79. The highest BCUT2D eigenvalue weighted by atomic mass is 35.5. The van der Waals surface area contributed by atoms with E-state index in [1.165, 1.54) is 5.69 Å². The molecule has 0 spiro atoms. The SMILES string of the molecule is CN1CCN(c2ccc(CNC(=O)CN(Cc3ccccc3Cl)S(C)(=O)=O)cc2)CC1. The van der Waals surface area contributed by atoms with Crippen molar-refractivity contribution < 1.29 is 13.2 Å². The zero-order valence-electron chi connectivity index (χ0n) is 17.9. The van der Waals surface area contributed by atoms with Crippen molar-refractivity contribution in [1.29, 1.82) is 0 Å². The summed E-state index contributed by atoms with van der Waals surface area (Å²) >= 11 is 6.14. The lowest BCUT2D eigenvalue weighted by Crippen LogP contribution is -2.44. The van der Waals surface area contributed by atoms with Gasteiger partial charge in [-0.25, -0.2) is 8.42 Å². The van der Waals surface area contributed by atoms with Crippen molar-refractivity contribution in [1.82, 2.24) is 14.5 Å².